The molecule has 2 bridgehead atoms. The lowest BCUT2D eigenvalue weighted by Crippen LogP contribution is -2.59. The van der Waals surface area contributed by atoms with Crippen molar-refractivity contribution in [2.24, 2.45) is 0 Å². The zero-order chi connectivity index (χ0) is 14.3. The second kappa shape index (κ2) is 4.77. The number of rotatable bonds is 1. The molecular formula is C14H16FN3O2. The van der Waals surface area contributed by atoms with Crippen molar-refractivity contribution in [1.29, 1.82) is 5.26 Å². The van der Waals surface area contributed by atoms with Crippen molar-refractivity contribution in [1.82, 2.24) is 9.88 Å². The van der Waals surface area contributed by atoms with E-state index in [0.717, 1.165) is 0 Å². The van der Waals surface area contributed by atoms with E-state index >= 15 is 0 Å². The van der Waals surface area contributed by atoms with Crippen LogP contribution in [0.25, 0.3) is 0 Å². The van der Waals surface area contributed by atoms with Gasteiger partial charge in [0.1, 0.15) is 6.07 Å². The Morgan fingerprint density at radius 3 is 2.70 bits per heavy atom. The number of hydrogen-bond acceptors (Lipinski definition) is 5. The Morgan fingerprint density at radius 2 is 2.15 bits per heavy atom. The van der Waals surface area contributed by atoms with Gasteiger partial charge in [-0.1, -0.05) is 0 Å². The fraction of sp³-hybridized carbons (Fsp3) is 0.571. The molecule has 2 unspecified atom stereocenters. The van der Waals surface area contributed by atoms with Crippen molar-refractivity contribution in [3.63, 3.8) is 0 Å². The maximum absolute atomic E-state index is 13.7. The van der Waals surface area contributed by atoms with Crippen LogP contribution in [0.4, 0.5) is 4.39 Å². The number of pyridine rings is 1. The van der Waals surface area contributed by atoms with Crippen LogP contribution in [0.5, 0.6) is 0 Å². The molecule has 2 aliphatic heterocycles. The molecule has 2 atom stereocenters. The van der Waals surface area contributed by atoms with Gasteiger partial charge in [0, 0.05) is 23.8 Å². The molecule has 0 saturated carbocycles. The molecule has 2 aliphatic rings. The van der Waals surface area contributed by atoms with Gasteiger partial charge in [0.2, 0.25) is 0 Å². The average Bonchev–Trinajstić information content (AvgIpc) is 2.41. The zero-order valence-electron chi connectivity index (χ0n) is 11.2. The SMILES string of the molecule is CN1C2COCC1CC(O)(c1cnc(C#N)c(F)c1)C2. The maximum atomic E-state index is 13.7. The first-order chi connectivity index (χ1) is 9.53. The molecule has 3 heterocycles. The van der Waals surface area contributed by atoms with E-state index in [2.05, 4.69) is 9.88 Å². The van der Waals surface area contributed by atoms with Gasteiger partial charge in [0.15, 0.2) is 11.5 Å². The number of ether oxygens (including phenoxy) is 1. The number of hydrogen-bond donors (Lipinski definition) is 1. The second-order valence-electron chi connectivity index (χ2n) is 5.62. The van der Waals surface area contributed by atoms with E-state index < -0.39 is 11.4 Å². The molecule has 2 saturated heterocycles. The summed E-state index contributed by atoms with van der Waals surface area (Å²) in [6.45, 7) is 1.14. The fourth-order valence-corrected chi connectivity index (χ4v) is 3.15. The molecule has 2 fully saturated rings. The second-order valence-corrected chi connectivity index (χ2v) is 5.62. The smallest absolute Gasteiger partial charge is 0.176 e. The number of fused-ring (bicyclic) bond motifs is 2. The molecule has 0 radical (unpaired) electrons. The average molecular weight is 277 g/mol. The third-order valence-corrected chi connectivity index (χ3v) is 4.40. The number of morpholine rings is 1. The minimum atomic E-state index is -1.10. The largest absolute Gasteiger partial charge is 0.385 e. The third kappa shape index (κ3) is 2.08. The quantitative estimate of drug-likeness (QED) is 0.821. The summed E-state index contributed by atoms with van der Waals surface area (Å²) in [5.41, 5.74) is -0.902. The van der Waals surface area contributed by atoms with E-state index in [9.17, 15) is 9.50 Å². The van der Waals surface area contributed by atoms with E-state index in [0.29, 0.717) is 31.6 Å². The first-order valence-corrected chi connectivity index (χ1v) is 6.62. The molecule has 0 amide bonds. The van der Waals surface area contributed by atoms with Crippen molar-refractivity contribution >= 4 is 0 Å². The molecular weight excluding hydrogens is 261 g/mol. The van der Waals surface area contributed by atoms with Crippen molar-refractivity contribution < 1.29 is 14.2 Å². The summed E-state index contributed by atoms with van der Waals surface area (Å²) in [4.78, 5) is 6.00. The Kier molecular flexibility index (Phi) is 3.21. The number of likely N-dealkylation sites (N-methyl/N-ethyl adjacent to an activating group) is 1. The number of aliphatic hydroxyl groups is 1. The van der Waals surface area contributed by atoms with Crippen molar-refractivity contribution in [3.05, 3.63) is 29.3 Å². The first kappa shape index (κ1) is 13.4. The summed E-state index contributed by atoms with van der Waals surface area (Å²) >= 11 is 0. The standard InChI is InChI=1S/C14H16FN3O2/c1-18-10-3-14(19,4-11(18)8-20-7-10)9-2-12(15)13(5-16)17-6-9/h2,6,10-11,19H,3-4,7-8H2,1H3. The molecule has 0 aromatic carbocycles. The van der Waals surface area contributed by atoms with Crippen LogP contribution < -0.4 is 0 Å². The molecule has 20 heavy (non-hydrogen) atoms. The lowest BCUT2D eigenvalue weighted by Gasteiger charge is -2.50. The minimum Gasteiger partial charge on any atom is -0.385 e. The van der Waals surface area contributed by atoms with E-state index in [1.807, 2.05) is 7.05 Å². The van der Waals surface area contributed by atoms with Gasteiger partial charge in [-0.2, -0.15) is 5.26 Å². The number of halogens is 1. The van der Waals surface area contributed by atoms with Gasteiger partial charge >= 0.3 is 0 Å². The first-order valence-electron chi connectivity index (χ1n) is 6.62. The van der Waals surface area contributed by atoms with Crippen LogP contribution in [-0.2, 0) is 10.3 Å². The van der Waals surface area contributed by atoms with Crippen LogP contribution in [0, 0.1) is 17.1 Å². The van der Waals surface area contributed by atoms with Crippen LogP contribution in [0.15, 0.2) is 12.3 Å². The molecule has 0 spiro atoms. The van der Waals surface area contributed by atoms with Crippen LogP contribution in [-0.4, -0.2) is 47.3 Å². The maximum Gasteiger partial charge on any atom is 0.176 e. The number of nitrogens with zero attached hydrogens (tertiary/aromatic N) is 3. The summed E-state index contributed by atoms with van der Waals surface area (Å²) in [5, 5.41) is 19.6. The Bertz CT molecular complexity index is 558. The summed E-state index contributed by atoms with van der Waals surface area (Å²) in [6, 6.07) is 3.15. The molecule has 0 aliphatic carbocycles. The Balaban J connectivity index is 1.93. The van der Waals surface area contributed by atoms with E-state index in [1.165, 1.54) is 12.3 Å². The third-order valence-electron chi connectivity index (χ3n) is 4.40. The number of nitriles is 1. The highest BCUT2D eigenvalue weighted by atomic mass is 19.1. The Morgan fingerprint density at radius 1 is 1.50 bits per heavy atom. The monoisotopic (exact) mass is 277 g/mol. The predicted octanol–water partition coefficient (Wildman–Crippen LogP) is 0.773. The van der Waals surface area contributed by atoms with Gasteiger partial charge in [-0.25, -0.2) is 9.37 Å². The molecule has 1 aromatic heterocycles. The van der Waals surface area contributed by atoms with Gasteiger partial charge < -0.3 is 9.84 Å². The summed E-state index contributed by atoms with van der Waals surface area (Å²) < 4.78 is 19.2. The van der Waals surface area contributed by atoms with Gasteiger partial charge in [-0.3, -0.25) is 4.90 Å². The Labute approximate surface area is 116 Å². The molecule has 5 nitrogen and oxygen atoms in total. The van der Waals surface area contributed by atoms with Gasteiger partial charge in [-0.05, 0) is 26.0 Å². The normalized spacial score (nSPS) is 33.7. The Hall–Kier alpha value is -1.55. The van der Waals surface area contributed by atoms with Crippen molar-refractivity contribution in [2.45, 2.75) is 30.5 Å². The topological polar surface area (TPSA) is 69.4 Å². The number of aromatic nitrogens is 1. The number of piperidine rings is 1. The van der Waals surface area contributed by atoms with Crippen LogP contribution >= 0.6 is 0 Å². The fourth-order valence-electron chi connectivity index (χ4n) is 3.15. The molecule has 6 heteroatoms. The predicted molar refractivity (Wildman–Crippen MR) is 68.2 cm³/mol. The van der Waals surface area contributed by atoms with Crippen LogP contribution in [0.3, 0.4) is 0 Å². The van der Waals surface area contributed by atoms with Crippen molar-refractivity contribution in [2.75, 3.05) is 20.3 Å². The summed E-state index contributed by atoms with van der Waals surface area (Å²) in [5.74, 6) is -0.682. The van der Waals surface area contributed by atoms with Gasteiger partial charge in [-0.15, -0.1) is 0 Å². The molecule has 1 N–H and O–H groups in total. The molecule has 1 aromatic rings. The van der Waals surface area contributed by atoms with E-state index in [-0.39, 0.29) is 17.8 Å². The summed E-state index contributed by atoms with van der Waals surface area (Å²) in [7, 11) is 2.02. The molecule has 3 rings (SSSR count). The molecule has 106 valence electrons. The minimum absolute atomic E-state index is 0.117. The van der Waals surface area contributed by atoms with Gasteiger partial charge in [0.05, 0.1) is 18.8 Å². The zero-order valence-corrected chi connectivity index (χ0v) is 11.2. The highest BCUT2D eigenvalue weighted by molar-refractivity contribution is 5.29. The van der Waals surface area contributed by atoms with Gasteiger partial charge in [0.25, 0.3) is 0 Å². The van der Waals surface area contributed by atoms with E-state index in [4.69, 9.17) is 10.00 Å². The van der Waals surface area contributed by atoms with E-state index in [1.54, 1.807) is 6.07 Å². The van der Waals surface area contributed by atoms with Crippen molar-refractivity contribution in [3.8, 4) is 6.07 Å². The van der Waals surface area contributed by atoms with Crippen LogP contribution in [0.1, 0.15) is 24.1 Å². The lowest BCUT2D eigenvalue weighted by atomic mass is 9.77. The highest BCUT2D eigenvalue weighted by Crippen LogP contribution is 2.40. The lowest BCUT2D eigenvalue weighted by molar-refractivity contribution is -0.138. The highest BCUT2D eigenvalue weighted by Gasteiger charge is 2.45. The summed E-state index contributed by atoms with van der Waals surface area (Å²) in [6.07, 6.45) is 2.36. The van der Waals surface area contributed by atoms with Crippen LogP contribution in [0.2, 0.25) is 0 Å².